The summed E-state index contributed by atoms with van der Waals surface area (Å²) >= 11 is 3.81. The number of hydrogen-bond acceptors (Lipinski definition) is 5. The van der Waals surface area contributed by atoms with E-state index in [0.717, 1.165) is 16.5 Å². The van der Waals surface area contributed by atoms with Crippen molar-refractivity contribution >= 4 is 50.7 Å². The molecule has 2 aromatic rings. The molecule has 1 aromatic carbocycles. The summed E-state index contributed by atoms with van der Waals surface area (Å²) in [5.74, 6) is -0.173. The van der Waals surface area contributed by atoms with Crippen molar-refractivity contribution in [2.45, 2.75) is 19.8 Å². The molecule has 0 amide bonds. The van der Waals surface area contributed by atoms with Crippen LogP contribution in [-0.4, -0.2) is 17.6 Å². The predicted molar refractivity (Wildman–Crippen MR) is 89.5 cm³/mol. The van der Waals surface area contributed by atoms with Gasteiger partial charge in [0, 0.05) is 21.1 Å². The van der Waals surface area contributed by atoms with Gasteiger partial charge in [0.2, 0.25) is 0 Å². The summed E-state index contributed by atoms with van der Waals surface area (Å²) in [6.45, 7) is 2.24. The van der Waals surface area contributed by atoms with Gasteiger partial charge in [0.15, 0.2) is 5.13 Å². The molecule has 0 fully saturated rings. The maximum atomic E-state index is 11.3. The molecule has 106 valence electrons. The number of esters is 1. The summed E-state index contributed by atoms with van der Waals surface area (Å²) in [5.41, 5.74) is 1.92. The number of carbonyl (C=O) groups excluding carboxylic acids is 1. The maximum Gasteiger partial charge on any atom is 0.306 e. The SMILES string of the molecule is CCOC(=O)CCc1csc(Nc2ccc(I)cc2)n1. The van der Waals surface area contributed by atoms with E-state index in [1.54, 1.807) is 0 Å². The summed E-state index contributed by atoms with van der Waals surface area (Å²) in [4.78, 5) is 15.7. The smallest absolute Gasteiger partial charge is 0.306 e. The van der Waals surface area contributed by atoms with E-state index in [9.17, 15) is 4.79 Å². The number of carbonyl (C=O) groups is 1. The average molecular weight is 402 g/mol. The first-order valence-electron chi connectivity index (χ1n) is 6.30. The molecule has 4 nitrogen and oxygen atoms in total. The van der Waals surface area contributed by atoms with Crippen LogP contribution in [0.3, 0.4) is 0 Å². The van der Waals surface area contributed by atoms with Crippen LogP contribution in [0.15, 0.2) is 29.6 Å². The molecule has 0 saturated heterocycles. The lowest BCUT2D eigenvalue weighted by atomic mass is 10.2. The average Bonchev–Trinajstić information content (AvgIpc) is 2.87. The molecule has 0 atom stereocenters. The van der Waals surface area contributed by atoms with Gasteiger partial charge in [-0.2, -0.15) is 0 Å². The molecule has 0 unspecified atom stereocenters. The van der Waals surface area contributed by atoms with E-state index < -0.39 is 0 Å². The Kier molecular flexibility index (Phi) is 5.78. The third kappa shape index (κ3) is 4.75. The molecule has 1 heterocycles. The number of nitrogens with one attached hydrogen (secondary N) is 1. The lowest BCUT2D eigenvalue weighted by Gasteiger charge is -2.02. The second-order valence-electron chi connectivity index (χ2n) is 4.08. The van der Waals surface area contributed by atoms with Crippen LogP contribution in [0.1, 0.15) is 19.0 Å². The van der Waals surface area contributed by atoms with Crippen molar-refractivity contribution in [2.24, 2.45) is 0 Å². The fraction of sp³-hybridized carbons (Fsp3) is 0.286. The number of ether oxygens (including phenoxy) is 1. The molecule has 1 aromatic heterocycles. The van der Waals surface area contributed by atoms with E-state index >= 15 is 0 Å². The Morgan fingerprint density at radius 1 is 1.40 bits per heavy atom. The Hall–Kier alpha value is -1.15. The summed E-state index contributed by atoms with van der Waals surface area (Å²) in [5, 5.41) is 6.06. The Morgan fingerprint density at radius 2 is 2.15 bits per heavy atom. The molecule has 6 heteroatoms. The third-order valence-corrected chi connectivity index (χ3v) is 4.06. The van der Waals surface area contributed by atoms with E-state index in [4.69, 9.17) is 4.74 Å². The normalized spacial score (nSPS) is 10.3. The Morgan fingerprint density at radius 3 is 2.85 bits per heavy atom. The van der Waals surface area contributed by atoms with Crippen molar-refractivity contribution in [3.05, 3.63) is 38.9 Å². The summed E-state index contributed by atoms with van der Waals surface area (Å²) in [7, 11) is 0. The molecule has 0 radical (unpaired) electrons. The zero-order valence-electron chi connectivity index (χ0n) is 11.1. The summed E-state index contributed by atoms with van der Waals surface area (Å²) in [6, 6.07) is 8.11. The minimum atomic E-state index is -0.173. The quantitative estimate of drug-likeness (QED) is 0.587. The van der Waals surface area contributed by atoms with Gasteiger partial charge in [-0.15, -0.1) is 11.3 Å². The highest BCUT2D eigenvalue weighted by atomic mass is 127. The van der Waals surface area contributed by atoms with Crippen LogP contribution in [0.25, 0.3) is 0 Å². The van der Waals surface area contributed by atoms with Crippen LogP contribution in [0, 0.1) is 3.57 Å². The number of anilines is 2. The molecule has 0 aliphatic carbocycles. The van der Waals surface area contributed by atoms with Crippen molar-refractivity contribution in [1.82, 2.24) is 4.98 Å². The van der Waals surface area contributed by atoms with Crippen LogP contribution in [0.2, 0.25) is 0 Å². The molecule has 0 aliphatic rings. The number of nitrogens with zero attached hydrogens (tertiary/aromatic N) is 1. The largest absolute Gasteiger partial charge is 0.466 e. The molecular weight excluding hydrogens is 387 g/mol. The first-order chi connectivity index (χ1) is 9.67. The van der Waals surface area contributed by atoms with E-state index in [1.807, 2.05) is 36.6 Å². The molecule has 20 heavy (non-hydrogen) atoms. The number of rotatable bonds is 6. The van der Waals surface area contributed by atoms with Gasteiger partial charge in [0.25, 0.3) is 0 Å². The highest BCUT2D eigenvalue weighted by molar-refractivity contribution is 14.1. The topological polar surface area (TPSA) is 51.2 Å². The summed E-state index contributed by atoms with van der Waals surface area (Å²) in [6.07, 6.45) is 0.990. The van der Waals surface area contributed by atoms with Crippen molar-refractivity contribution in [2.75, 3.05) is 11.9 Å². The monoisotopic (exact) mass is 402 g/mol. The number of hydrogen-bond donors (Lipinski definition) is 1. The highest BCUT2D eigenvalue weighted by Gasteiger charge is 2.06. The predicted octanol–water partition coefficient (Wildman–Crippen LogP) is 3.99. The lowest BCUT2D eigenvalue weighted by molar-refractivity contribution is -0.143. The molecule has 0 spiro atoms. The molecule has 0 saturated carbocycles. The first-order valence-corrected chi connectivity index (χ1v) is 8.26. The minimum Gasteiger partial charge on any atom is -0.466 e. The zero-order valence-corrected chi connectivity index (χ0v) is 14.0. The number of benzene rings is 1. The molecule has 0 bridgehead atoms. The standard InChI is InChI=1S/C14H15IN2O2S/c1-2-19-13(18)8-7-12-9-20-14(17-12)16-11-5-3-10(15)4-6-11/h3-6,9H,2,7-8H2,1H3,(H,16,17). The third-order valence-electron chi connectivity index (χ3n) is 2.54. The van der Waals surface area contributed by atoms with Gasteiger partial charge in [0.05, 0.1) is 18.7 Å². The van der Waals surface area contributed by atoms with Crippen LogP contribution >= 0.6 is 33.9 Å². The molecule has 0 aliphatic heterocycles. The maximum absolute atomic E-state index is 11.3. The second-order valence-corrected chi connectivity index (χ2v) is 6.18. The zero-order chi connectivity index (χ0) is 14.4. The minimum absolute atomic E-state index is 0.173. The first kappa shape index (κ1) is 15.2. The van der Waals surface area contributed by atoms with Gasteiger partial charge in [0.1, 0.15) is 0 Å². The van der Waals surface area contributed by atoms with Crippen molar-refractivity contribution in [3.63, 3.8) is 0 Å². The molecular formula is C14H15IN2O2S. The highest BCUT2D eigenvalue weighted by Crippen LogP contribution is 2.22. The number of thiazole rings is 1. The van der Waals surface area contributed by atoms with Gasteiger partial charge < -0.3 is 10.1 Å². The lowest BCUT2D eigenvalue weighted by Crippen LogP contribution is -2.05. The fourth-order valence-corrected chi connectivity index (χ4v) is 2.72. The van der Waals surface area contributed by atoms with Gasteiger partial charge in [-0.05, 0) is 53.8 Å². The van der Waals surface area contributed by atoms with Gasteiger partial charge >= 0.3 is 5.97 Å². The number of aromatic nitrogens is 1. The van der Waals surface area contributed by atoms with E-state index in [0.29, 0.717) is 19.4 Å². The Bertz CT molecular complexity index is 569. The van der Waals surface area contributed by atoms with Crippen LogP contribution in [-0.2, 0) is 16.0 Å². The molecule has 2 rings (SSSR count). The Labute approximate surface area is 135 Å². The van der Waals surface area contributed by atoms with E-state index in [-0.39, 0.29) is 5.97 Å². The van der Waals surface area contributed by atoms with Gasteiger partial charge in [-0.25, -0.2) is 4.98 Å². The van der Waals surface area contributed by atoms with Crippen molar-refractivity contribution in [3.8, 4) is 0 Å². The van der Waals surface area contributed by atoms with Gasteiger partial charge in [-0.1, -0.05) is 0 Å². The van der Waals surface area contributed by atoms with Crippen molar-refractivity contribution in [1.29, 1.82) is 0 Å². The van der Waals surface area contributed by atoms with Crippen molar-refractivity contribution < 1.29 is 9.53 Å². The van der Waals surface area contributed by atoms with E-state index in [2.05, 4.69) is 32.9 Å². The fourth-order valence-electron chi connectivity index (χ4n) is 1.60. The number of halogens is 1. The van der Waals surface area contributed by atoms with Crippen LogP contribution < -0.4 is 5.32 Å². The summed E-state index contributed by atoms with van der Waals surface area (Å²) < 4.78 is 6.09. The Balaban J connectivity index is 1.88. The van der Waals surface area contributed by atoms with Crippen LogP contribution in [0.5, 0.6) is 0 Å². The molecule has 1 N–H and O–H groups in total. The second kappa shape index (κ2) is 7.58. The van der Waals surface area contributed by atoms with Gasteiger partial charge in [-0.3, -0.25) is 4.79 Å². The number of aryl methyl sites for hydroxylation is 1. The van der Waals surface area contributed by atoms with Crippen LogP contribution in [0.4, 0.5) is 10.8 Å². The van der Waals surface area contributed by atoms with E-state index in [1.165, 1.54) is 14.9 Å².